The van der Waals surface area contributed by atoms with Crippen molar-refractivity contribution in [1.29, 1.82) is 0 Å². The van der Waals surface area contributed by atoms with Crippen LogP contribution in [0.3, 0.4) is 0 Å². The minimum Gasteiger partial charge on any atom is -0.467 e. The standard InChI is InChI=1S/C21H21BrClNO3S.C19H22BN3O2.C13H10BrN3.C12H7BrFNO.C9H9BrFNO2.C7H4BrFO/c1-11-10-14-18(28-20(22)24-14)16(12-6-8-13(23)9-7-12)15(11)17(19(25)26-5)27-21(2,3)4;1-18(2)19(3,4)25-20(24-18)13-9-10-16-14(12-13)17(22-23(16)5)15-8-6-7-11-21-15;1-17-12-6-5-9(14)8-10(12)13(16-17)11-4-2-3-7-15-11;13-8-4-5-10(14)9(7-8)12(16)11-3-1-2-6-15-11;1-12(14-2)9(13)7-5-6(10)3-4-8(7)11;8-6-1-2-7(9)5(3-6)4-10/h6-10,17H,1-5H3;6-12H,1-5H3;2-8H,1H3;1-7H;3-5H,1-2H3;1-4H/t17-;;;;;/m0...../s1. The first-order chi connectivity index (χ1) is 52.1. The third-order valence-corrected chi connectivity index (χ3v) is 20.8. The van der Waals surface area contributed by atoms with Gasteiger partial charge in [-0.2, -0.15) is 10.2 Å². The van der Waals surface area contributed by atoms with E-state index in [9.17, 15) is 32.3 Å². The van der Waals surface area contributed by atoms with Crippen molar-refractivity contribution in [2.75, 3.05) is 21.3 Å². The number of esters is 1. The van der Waals surface area contributed by atoms with Crippen molar-refractivity contribution < 1.29 is 56.0 Å². The summed E-state index contributed by atoms with van der Waals surface area (Å²) in [5.74, 6) is -2.97. The van der Waals surface area contributed by atoms with Crippen LogP contribution in [0.4, 0.5) is 13.2 Å². The first-order valence-electron chi connectivity index (χ1n) is 33.6. The van der Waals surface area contributed by atoms with Crippen LogP contribution in [-0.4, -0.2) is 114 Å². The van der Waals surface area contributed by atoms with E-state index >= 15 is 0 Å². The van der Waals surface area contributed by atoms with E-state index in [1.807, 2.05) is 130 Å². The molecular weight excluding hydrogens is 1780 g/mol. The number of hydrogen-bond donors (Lipinski definition) is 0. The predicted molar refractivity (Wildman–Crippen MR) is 444 cm³/mol. The molecule has 13 aromatic rings. The number of thiazole rings is 1. The molecule has 7 aromatic carbocycles. The molecule has 29 heteroatoms. The van der Waals surface area contributed by atoms with Gasteiger partial charge in [0.2, 0.25) is 5.78 Å². The van der Waals surface area contributed by atoms with Crippen LogP contribution in [-0.2, 0) is 42.5 Å². The van der Waals surface area contributed by atoms with Gasteiger partial charge in [-0.15, -0.1) is 11.3 Å². The molecule has 1 atom stereocenters. The summed E-state index contributed by atoms with van der Waals surface area (Å²) in [4.78, 5) is 68.2. The molecule has 0 unspecified atom stereocenters. The van der Waals surface area contributed by atoms with Crippen molar-refractivity contribution in [3.63, 3.8) is 0 Å². The molecule has 18 nitrogen and oxygen atoms in total. The molecule has 0 spiro atoms. The van der Waals surface area contributed by atoms with Gasteiger partial charge in [0.15, 0.2) is 16.3 Å². The highest BCUT2D eigenvalue weighted by atomic mass is 79.9. The second-order valence-corrected chi connectivity index (χ2v) is 32.8. The lowest BCUT2D eigenvalue weighted by Gasteiger charge is -2.32. The number of aromatic nitrogens is 8. The van der Waals surface area contributed by atoms with Gasteiger partial charge in [-0.05, 0) is 221 Å². The van der Waals surface area contributed by atoms with Crippen LogP contribution >= 0.6 is 103 Å². The van der Waals surface area contributed by atoms with Crippen molar-refractivity contribution in [2.45, 2.75) is 78.3 Å². The number of amides is 1. The van der Waals surface area contributed by atoms with Gasteiger partial charge in [-0.25, -0.2) is 28.0 Å². The number of ether oxygens (including phenoxy) is 2. The van der Waals surface area contributed by atoms with E-state index in [-0.39, 0.29) is 40.7 Å². The number of rotatable bonds is 12. The molecule has 0 aliphatic carbocycles. The van der Waals surface area contributed by atoms with Gasteiger partial charge >= 0.3 is 13.1 Å². The molecule has 568 valence electrons. The number of carbonyl (C=O) groups is 4. The third-order valence-electron chi connectivity index (χ3n) is 17.1. The Bertz CT molecular complexity index is 5440. The summed E-state index contributed by atoms with van der Waals surface area (Å²) < 4.78 is 71.4. The highest BCUT2D eigenvalue weighted by molar-refractivity contribution is 9.11. The van der Waals surface area contributed by atoms with E-state index in [0.29, 0.717) is 24.7 Å². The van der Waals surface area contributed by atoms with Gasteiger partial charge < -0.3 is 18.8 Å². The van der Waals surface area contributed by atoms with E-state index in [1.54, 1.807) is 42.7 Å². The molecule has 0 radical (unpaired) electrons. The molecule has 1 amide bonds. The number of halogens is 9. The number of methoxy groups -OCH3 is 1. The summed E-state index contributed by atoms with van der Waals surface area (Å²) in [5, 5.41) is 13.0. The number of carbonyl (C=O) groups excluding carboxylic acids is 4. The number of aldehydes is 1. The Kier molecular flexibility index (Phi) is 29.3. The first kappa shape index (κ1) is 85.5. The molecule has 0 bridgehead atoms. The maximum absolute atomic E-state index is 13.4. The minimum absolute atomic E-state index is 0.0214. The zero-order chi connectivity index (χ0) is 80.1. The molecule has 7 heterocycles. The van der Waals surface area contributed by atoms with E-state index in [2.05, 4.69) is 167 Å². The molecule has 1 saturated heterocycles. The summed E-state index contributed by atoms with van der Waals surface area (Å²) in [5.41, 5.74) is 10.2. The summed E-state index contributed by atoms with van der Waals surface area (Å²) >= 11 is 24.1. The van der Waals surface area contributed by atoms with Crippen molar-refractivity contribution in [3.8, 4) is 33.9 Å². The van der Waals surface area contributed by atoms with Crippen LogP contribution < -0.4 is 5.46 Å². The third kappa shape index (κ3) is 21.4. The topological polar surface area (TPSA) is 205 Å². The highest BCUT2D eigenvalue weighted by Gasteiger charge is 2.52. The molecule has 0 saturated carbocycles. The molecule has 1 aliphatic heterocycles. The minimum atomic E-state index is -0.860. The lowest BCUT2D eigenvalue weighted by atomic mass is 9.78. The van der Waals surface area contributed by atoms with Crippen LogP contribution in [0.2, 0.25) is 5.02 Å². The zero-order valence-electron chi connectivity index (χ0n) is 61.7. The van der Waals surface area contributed by atoms with Crippen LogP contribution in [0.5, 0.6) is 0 Å². The number of benzene rings is 7. The van der Waals surface area contributed by atoms with Crippen LogP contribution in [0.25, 0.3) is 65.9 Å². The number of nitrogens with zero attached hydrogens (tertiary/aromatic N) is 9. The number of hydroxylamine groups is 2. The highest BCUT2D eigenvalue weighted by Crippen LogP contribution is 2.44. The zero-order valence-corrected chi connectivity index (χ0v) is 71.2. The lowest BCUT2D eigenvalue weighted by molar-refractivity contribution is -0.164. The average Bonchev–Trinajstić information content (AvgIpc) is 1.28. The van der Waals surface area contributed by atoms with Crippen molar-refractivity contribution in [1.82, 2.24) is 44.6 Å². The fourth-order valence-electron chi connectivity index (χ4n) is 11.0. The van der Waals surface area contributed by atoms with Gasteiger partial charge in [0.05, 0.1) is 80.4 Å². The Hall–Kier alpha value is -8.52. The maximum atomic E-state index is 13.4. The number of pyridine rings is 3. The van der Waals surface area contributed by atoms with E-state index in [1.165, 1.54) is 81.3 Å². The molecule has 0 N–H and O–H groups in total. The van der Waals surface area contributed by atoms with E-state index < -0.39 is 46.8 Å². The van der Waals surface area contributed by atoms with Crippen molar-refractivity contribution >= 4 is 171 Å². The van der Waals surface area contributed by atoms with Crippen LogP contribution in [0, 0.1) is 24.4 Å². The van der Waals surface area contributed by atoms with E-state index in [0.717, 1.165) is 96.0 Å². The molecule has 1 aliphatic rings. The quantitative estimate of drug-likeness (QED) is 0.0367. The molecule has 110 heavy (non-hydrogen) atoms. The first-order valence-corrected chi connectivity index (χ1v) is 38.8. The van der Waals surface area contributed by atoms with Crippen LogP contribution in [0.1, 0.15) is 102 Å². The summed E-state index contributed by atoms with van der Waals surface area (Å²) in [6.45, 7) is 16.0. The summed E-state index contributed by atoms with van der Waals surface area (Å²) in [6, 6.07) is 51.2. The number of aryl methyl sites for hydroxylation is 3. The second kappa shape index (κ2) is 37.7. The van der Waals surface area contributed by atoms with E-state index in [4.69, 9.17) is 30.4 Å². The fourth-order valence-corrected chi connectivity index (χ4v) is 14.1. The predicted octanol–water partition coefficient (Wildman–Crippen LogP) is 20.9. The average molecular weight is 1850 g/mol. The molecular formula is C81H73BBr5ClF3N9O9S. The monoisotopic (exact) mass is 1850 g/mol. The molecule has 1 fully saturated rings. The lowest BCUT2D eigenvalue weighted by Crippen LogP contribution is -2.41. The fraction of sp³-hybridized carbons (Fsp3) is 0.210. The van der Waals surface area contributed by atoms with Crippen LogP contribution in [0.15, 0.2) is 216 Å². The van der Waals surface area contributed by atoms with Gasteiger partial charge in [0.1, 0.15) is 34.5 Å². The smallest absolute Gasteiger partial charge is 0.467 e. The van der Waals surface area contributed by atoms with Gasteiger partial charge in [-0.1, -0.05) is 118 Å². The molecule has 6 aromatic heterocycles. The number of fused-ring (bicyclic) bond motifs is 3. The van der Waals surface area contributed by atoms with Gasteiger partial charge in [0.25, 0.3) is 5.91 Å². The Morgan fingerprint density at radius 1 is 0.636 bits per heavy atom. The largest absolute Gasteiger partial charge is 0.494 e. The second-order valence-electron chi connectivity index (χ2n) is 26.4. The SMILES string of the molecule is COC(=O)[C@@H](OC(C)(C)C)c1c(C)cc2nc(Br)sc2c1-c1ccc(Cl)cc1.CON(C)C(=O)c1cc(Br)ccc1F.Cn1nc(-c2ccccn2)c2cc(B3OC(C)(C)C(C)(C)O3)ccc21.Cn1nc(-c2ccccn2)c2cc(Br)ccc21.O=C(c1ccccn1)c1cc(Br)ccc1F.O=Cc1cc(Br)ccc1F. The van der Waals surface area contributed by atoms with Crippen molar-refractivity contribution in [2.24, 2.45) is 14.1 Å². The molecule has 14 rings (SSSR count). The number of hydrogen-bond acceptors (Lipinski definition) is 16. The number of ketones is 1. The normalized spacial score (nSPS) is 12.9. The Labute approximate surface area is 685 Å². The Balaban J connectivity index is 0.000000156. The Morgan fingerprint density at radius 2 is 1.14 bits per heavy atom. The summed E-state index contributed by atoms with van der Waals surface area (Å²) in [6.07, 6.45) is 4.70. The Morgan fingerprint density at radius 3 is 1.65 bits per heavy atom. The maximum Gasteiger partial charge on any atom is 0.494 e. The summed E-state index contributed by atoms with van der Waals surface area (Å²) in [7, 11) is 7.65. The van der Waals surface area contributed by atoms with Gasteiger partial charge in [0, 0.05) is 84.5 Å². The van der Waals surface area contributed by atoms with Gasteiger partial charge in [-0.3, -0.25) is 43.5 Å². The van der Waals surface area contributed by atoms with Crippen molar-refractivity contribution in [3.05, 3.63) is 272 Å².